The predicted molar refractivity (Wildman–Crippen MR) is 161 cm³/mol. The van der Waals surface area contributed by atoms with E-state index in [0.717, 1.165) is 0 Å². The van der Waals surface area contributed by atoms with Crippen LogP contribution in [0.25, 0.3) is 0 Å². The molecule has 0 saturated carbocycles. The third-order valence-corrected chi connectivity index (χ3v) is 11.7. The molecule has 0 fully saturated rings. The van der Waals surface area contributed by atoms with Crippen molar-refractivity contribution in [3.8, 4) is 0 Å². The molecule has 0 radical (unpaired) electrons. The number of hydrogen-bond donors (Lipinski definition) is 1. The molecule has 0 aliphatic rings. The second kappa shape index (κ2) is 21.0. The average molecular weight is 1510 g/mol. The molecule has 0 amide bonds. The van der Waals surface area contributed by atoms with Crippen LogP contribution in [-0.4, -0.2) is 177 Å². The van der Waals surface area contributed by atoms with Crippen molar-refractivity contribution in [3.05, 3.63) is 0 Å². The van der Waals surface area contributed by atoms with Crippen molar-refractivity contribution in [2.24, 2.45) is 0 Å². The van der Waals surface area contributed by atoms with Crippen LogP contribution in [0.5, 0.6) is 0 Å². The standard InChI is InChI=1S/C32H8F58O/c1-2-3-4(33,34)6(36,37)9(42,43)12(48,49)15(54,55)18(60,61)21(66,67)22(68,69)19(62,63)16(56,57)13(50,51)10(44,45)7(38,39)5(35,32(89,90)91)8(40,41)11(46,47)14(52,53)17(58,59)20(64,65)23(70,71)24(72,73)25(74,75)26(76,77)27(78,79)28(80,81)29(82,83)30(84,85)31(86,87)88/h91H,2-3H2,1H3. The van der Waals surface area contributed by atoms with E-state index in [2.05, 4.69) is 0 Å². The van der Waals surface area contributed by atoms with Gasteiger partial charge in [0.05, 0.1) is 0 Å². The van der Waals surface area contributed by atoms with E-state index in [1.807, 2.05) is 0 Å². The van der Waals surface area contributed by atoms with Gasteiger partial charge in [0, 0.05) is 6.42 Å². The lowest BCUT2D eigenvalue weighted by Gasteiger charge is -2.50. The molecule has 0 aromatic heterocycles. The molecule has 0 heterocycles. The molecular weight excluding hydrogens is 1500 g/mol. The molecule has 0 aliphatic heterocycles. The third-order valence-electron chi connectivity index (χ3n) is 11.7. The summed E-state index contributed by atoms with van der Waals surface area (Å²) in [5, 5.41) is 7.99. The molecule has 0 bridgehead atoms. The zero-order valence-electron chi connectivity index (χ0n) is 39.3. The largest absolute Gasteiger partial charge is 0.460 e. The van der Waals surface area contributed by atoms with Gasteiger partial charge in [-0.3, -0.25) is 0 Å². The summed E-state index contributed by atoms with van der Waals surface area (Å²) in [6.45, 7) is 0.0536. The maximum Gasteiger partial charge on any atom is 0.460 e. The molecule has 0 spiro atoms. The van der Waals surface area contributed by atoms with Crippen LogP contribution < -0.4 is 0 Å². The Balaban J connectivity index is 8.71. The summed E-state index contributed by atoms with van der Waals surface area (Å²) >= 11 is 0. The van der Waals surface area contributed by atoms with Gasteiger partial charge in [0.25, 0.3) is 0 Å². The van der Waals surface area contributed by atoms with E-state index >= 15 is 4.39 Å². The van der Waals surface area contributed by atoms with Gasteiger partial charge in [0.15, 0.2) is 0 Å². The molecule has 1 nitrogen and oxygen atoms in total. The minimum absolute atomic E-state index is 0.0536. The second-order valence-corrected chi connectivity index (χ2v) is 17.5. The molecule has 548 valence electrons. The van der Waals surface area contributed by atoms with Crippen LogP contribution in [0, 0.1) is 0 Å². The molecule has 1 N–H and O–H groups in total. The van der Waals surface area contributed by atoms with Gasteiger partial charge < -0.3 is 5.11 Å². The molecule has 59 heteroatoms. The van der Waals surface area contributed by atoms with Gasteiger partial charge in [-0.2, -0.15) is 250 Å². The fraction of sp³-hybridized carbons (Fsp3) is 1.00. The second-order valence-electron chi connectivity index (χ2n) is 17.5. The summed E-state index contributed by atoms with van der Waals surface area (Å²) in [6, 6.07) is 0. The van der Waals surface area contributed by atoms with E-state index in [4.69, 9.17) is 5.11 Å². The topological polar surface area (TPSA) is 20.2 Å². The molecule has 0 rings (SSSR count). The van der Waals surface area contributed by atoms with E-state index in [-0.39, 0.29) is 6.92 Å². The van der Waals surface area contributed by atoms with Gasteiger partial charge >= 0.3 is 172 Å². The Bertz CT molecular complexity index is 2600. The number of alkyl halides is 58. The Kier molecular flexibility index (Phi) is 20.0. The van der Waals surface area contributed by atoms with Crippen molar-refractivity contribution >= 4 is 0 Å². The summed E-state index contributed by atoms with van der Waals surface area (Å²) in [6.07, 6.45) is -23.9. The monoisotopic (exact) mass is 1510 g/mol. The van der Waals surface area contributed by atoms with Crippen molar-refractivity contribution in [2.75, 3.05) is 0 Å². The van der Waals surface area contributed by atoms with Gasteiger partial charge in [-0.25, -0.2) is 4.39 Å². The molecule has 0 aromatic rings. The van der Waals surface area contributed by atoms with E-state index in [0.29, 0.717) is 0 Å². The Morgan fingerprint density at radius 3 is 0.385 bits per heavy atom. The minimum atomic E-state index is -11.5. The summed E-state index contributed by atoms with van der Waals surface area (Å²) < 4.78 is 812. The predicted octanol–water partition coefficient (Wildman–Crippen LogP) is 19.2. The SMILES string of the molecule is CCCC(F)(F)C(F)(F)C(F)(F)C(F)(F)C(F)(F)C(F)(F)C(F)(F)C(F)(F)C(F)(F)C(F)(F)C(F)(F)C(F)(F)C(F)(F)C(F)(C(O)(F)F)C(F)(F)C(F)(F)C(F)(F)C(F)(F)C(F)(F)C(F)(F)C(F)(F)C(F)(F)C(F)(F)C(F)(F)C(F)(F)C(F)(F)C(F)(F)C(F)(F)F. The highest BCUT2D eigenvalue weighted by atomic mass is 19.5. The first-order chi connectivity index (χ1) is 38.1. The smallest absolute Gasteiger partial charge is 0.333 e. The van der Waals surface area contributed by atoms with Crippen LogP contribution in [0.2, 0.25) is 0 Å². The zero-order chi connectivity index (χ0) is 75.9. The first kappa shape index (κ1) is 86.9. The lowest BCUT2D eigenvalue weighted by Crippen LogP contribution is -2.84. The first-order valence-corrected chi connectivity index (χ1v) is 19.7. The number of hydrogen-bond acceptors (Lipinski definition) is 1. The van der Waals surface area contributed by atoms with Crippen LogP contribution >= 0.6 is 0 Å². The molecule has 1 atom stereocenters. The van der Waals surface area contributed by atoms with E-state index in [9.17, 15) is 250 Å². The van der Waals surface area contributed by atoms with Gasteiger partial charge in [-0.1, -0.05) is 13.3 Å². The van der Waals surface area contributed by atoms with Crippen molar-refractivity contribution in [2.45, 2.75) is 192 Å². The summed E-state index contributed by atoms with van der Waals surface area (Å²) in [5.41, 5.74) is -11.5. The van der Waals surface area contributed by atoms with Crippen molar-refractivity contribution < 1.29 is 260 Å². The maximum absolute atomic E-state index is 15.1. The van der Waals surface area contributed by atoms with Crippen LogP contribution in [0.1, 0.15) is 19.8 Å². The summed E-state index contributed by atoms with van der Waals surface area (Å²) in [5.74, 6) is -274. The fourth-order valence-corrected chi connectivity index (χ4v) is 6.03. The summed E-state index contributed by atoms with van der Waals surface area (Å²) in [4.78, 5) is 0. The highest BCUT2D eigenvalue weighted by Crippen LogP contribution is 2.75. The number of aliphatic hydroxyl groups is 1. The van der Waals surface area contributed by atoms with Gasteiger partial charge in [0.1, 0.15) is 0 Å². The Morgan fingerprint density at radius 2 is 0.275 bits per heavy atom. The van der Waals surface area contributed by atoms with Crippen molar-refractivity contribution in [3.63, 3.8) is 0 Å². The number of halogens is 58. The molecule has 0 aliphatic carbocycles. The molecule has 0 aromatic carbocycles. The van der Waals surface area contributed by atoms with E-state index in [1.165, 1.54) is 0 Å². The van der Waals surface area contributed by atoms with Gasteiger partial charge in [-0.05, 0) is 0 Å². The maximum atomic E-state index is 15.1. The summed E-state index contributed by atoms with van der Waals surface area (Å²) in [7, 11) is 0. The fourth-order valence-electron chi connectivity index (χ4n) is 6.03. The van der Waals surface area contributed by atoms with Gasteiger partial charge in [-0.15, -0.1) is 0 Å². The van der Waals surface area contributed by atoms with Crippen LogP contribution in [-0.2, 0) is 0 Å². The Labute approximate surface area is 452 Å². The average Bonchev–Trinajstić information content (AvgIpc) is 0.677. The molecular formula is C32H8F58O. The third kappa shape index (κ3) is 9.53. The van der Waals surface area contributed by atoms with Gasteiger partial charge in [0.2, 0.25) is 0 Å². The van der Waals surface area contributed by atoms with Crippen molar-refractivity contribution in [1.29, 1.82) is 0 Å². The zero-order valence-corrected chi connectivity index (χ0v) is 39.3. The van der Waals surface area contributed by atoms with Crippen LogP contribution in [0.15, 0.2) is 0 Å². The quantitative estimate of drug-likeness (QED) is 0.0740. The minimum Gasteiger partial charge on any atom is -0.333 e. The van der Waals surface area contributed by atoms with E-state index in [1.54, 1.807) is 0 Å². The molecule has 1 unspecified atom stereocenters. The Morgan fingerprint density at radius 1 is 0.165 bits per heavy atom. The highest BCUT2D eigenvalue weighted by Gasteiger charge is 3.07. The van der Waals surface area contributed by atoms with E-state index < -0.39 is 185 Å². The molecule has 91 heavy (non-hydrogen) atoms. The number of rotatable bonds is 29. The Hall–Kier alpha value is -4.10. The normalized spacial score (nSPS) is 18.1. The van der Waals surface area contributed by atoms with Crippen molar-refractivity contribution in [1.82, 2.24) is 0 Å². The molecule has 0 saturated heterocycles. The van der Waals surface area contributed by atoms with Crippen LogP contribution in [0.3, 0.4) is 0 Å². The highest BCUT2D eigenvalue weighted by molar-refractivity contribution is 5.28. The first-order valence-electron chi connectivity index (χ1n) is 19.7. The van der Waals surface area contributed by atoms with Crippen LogP contribution in [0.4, 0.5) is 255 Å². The lowest BCUT2D eigenvalue weighted by molar-refractivity contribution is -0.509. The lowest BCUT2D eigenvalue weighted by atomic mass is 9.75.